The lowest BCUT2D eigenvalue weighted by Crippen LogP contribution is -2.12. The first-order valence-corrected chi connectivity index (χ1v) is 10.4. The topological polar surface area (TPSA) is 56.3 Å². The number of carbonyl (C=O) groups excluding carboxylic acids is 2. The van der Waals surface area contributed by atoms with Gasteiger partial charge >= 0.3 is 5.97 Å². The van der Waals surface area contributed by atoms with Crippen molar-refractivity contribution < 1.29 is 18.7 Å². The Morgan fingerprint density at radius 1 is 0.931 bits per heavy atom. The minimum Gasteiger partial charge on any atom is -0.456 e. The lowest BCUT2D eigenvalue weighted by molar-refractivity contribution is 0.0466. The molecule has 0 unspecified atom stereocenters. The van der Waals surface area contributed by atoms with E-state index in [1.807, 2.05) is 5.38 Å². The maximum absolute atomic E-state index is 13.1. The monoisotopic (exact) mass is 423 g/mol. The number of ketones is 1. The molecule has 0 N–H and O–H groups in total. The number of rotatable bonds is 6. The van der Waals surface area contributed by atoms with Crippen LogP contribution in [0.1, 0.15) is 31.3 Å². The van der Waals surface area contributed by atoms with E-state index >= 15 is 0 Å². The van der Waals surface area contributed by atoms with Crippen LogP contribution < -0.4 is 0 Å². The minimum atomic E-state index is -0.582. The Hall–Kier alpha value is -3.16. The number of nitrogens with zero attached hydrogens (tertiary/aromatic N) is 1. The van der Waals surface area contributed by atoms with Gasteiger partial charge in [0.25, 0.3) is 0 Å². The number of thiophene rings is 1. The van der Waals surface area contributed by atoms with E-state index in [0.29, 0.717) is 21.1 Å². The van der Waals surface area contributed by atoms with Gasteiger partial charge in [0, 0.05) is 16.5 Å². The third-order valence-corrected chi connectivity index (χ3v) is 5.94. The first kappa shape index (κ1) is 19.2. The van der Waals surface area contributed by atoms with E-state index in [1.165, 1.54) is 34.8 Å². The second kappa shape index (κ2) is 8.46. The molecule has 0 radical (unpaired) electrons. The molecule has 0 bridgehead atoms. The van der Waals surface area contributed by atoms with Crippen LogP contribution in [0, 0.1) is 5.82 Å². The minimum absolute atomic E-state index is 0.0158. The van der Waals surface area contributed by atoms with Gasteiger partial charge in [-0.05, 0) is 41.8 Å². The molecule has 0 aliphatic rings. The Bertz CT molecular complexity index is 1150. The Balaban J connectivity index is 1.47. The van der Waals surface area contributed by atoms with Crippen LogP contribution in [0.5, 0.6) is 0 Å². The van der Waals surface area contributed by atoms with Gasteiger partial charge in [-0.3, -0.25) is 4.79 Å². The predicted molar refractivity (Wildman–Crippen MR) is 111 cm³/mol. The maximum atomic E-state index is 13.1. The van der Waals surface area contributed by atoms with Crippen molar-refractivity contribution >= 4 is 34.4 Å². The van der Waals surface area contributed by atoms with Gasteiger partial charge in [-0.25, -0.2) is 14.2 Å². The van der Waals surface area contributed by atoms with Crippen LogP contribution >= 0.6 is 22.7 Å². The number of esters is 1. The van der Waals surface area contributed by atoms with E-state index in [2.05, 4.69) is 4.98 Å². The molecule has 2 heterocycles. The van der Waals surface area contributed by atoms with E-state index in [9.17, 15) is 14.0 Å². The summed E-state index contributed by atoms with van der Waals surface area (Å²) in [6, 6.07) is 16.2. The quantitative estimate of drug-likeness (QED) is 0.299. The molecule has 4 rings (SSSR count). The van der Waals surface area contributed by atoms with Gasteiger partial charge in [-0.1, -0.05) is 24.3 Å². The zero-order chi connectivity index (χ0) is 20.2. The van der Waals surface area contributed by atoms with Gasteiger partial charge in [0.1, 0.15) is 17.4 Å². The number of hydrogen-bond donors (Lipinski definition) is 0. The Morgan fingerprint density at radius 3 is 2.41 bits per heavy atom. The number of halogens is 1. The number of thiazole rings is 1. The predicted octanol–water partition coefficient (Wildman–Crippen LogP) is 5.60. The van der Waals surface area contributed by atoms with Crippen molar-refractivity contribution in [3.8, 4) is 10.6 Å². The first-order valence-electron chi connectivity index (χ1n) is 8.66. The largest absolute Gasteiger partial charge is 0.456 e. The summed E-state index contributed by atoms with van der Waals surface area (Å²) in [6.07, 6.45) is 0. The summed E-state index contributed by atoms with van der Waals surface area (Å²) in [5, 5.41) is 4.31. The summed E-state index contributed by atoms with van der Waals surface area (Å²) in [5.74, 6) is -1.10. The average Bonchev–Trinajstić information content (AvgIpc) is 3.44. The molecule has 0 fully saturated rings. The molecule has 144 valence electrons. The molecule has 2 aromatic carbocycles. The summed E-state index contributed by atoms with van der Waals surface area (Å²) < 4.78 is 18.4. The maximum Gasteiger partial charge on any atom is 0.339 e. The van der Waals surface area contributed by atoms with Crippen molar-refractivity contribution in [1.82, 2.24) is 4.98 Å². The van der Waals surface area contributed by atoms with Crippen molar-refractivity contribution in [1.29, 1.82) is 0 Å². The van der Waals surface area contributed by atoms with E-state index in [0.717, 1.165) is 5.56 Å². The van der Waals surface area contributed by atoms with Crippen molar-refractivity contribution in [2.45, 2.75) is 6.61 Å². The molecule has 0 spiro atoms. The standard InChI is InChI=1S/C22H14FNO3S2/c23-15-9-7-14(8-10-15)21-24-16(13-29-21)12-27-22(26)18-5-2-1-4-17(18)20(25)19-6-3-11-28-19/h1-11,13H,12H2. The molecular formula is C22H14FNO3S2. The smallest absolute Gasteiger partial charge is 0.339 e. The summed E-state index contributed by atoms with van der Waals surface area (Å²) in [6.45, 7) is -0.0158. The van der Waals surface area contributed by atoms with Crippen molar-refractivity contribution in [3.05, 3.63) is 98.9 Å². The van der Waals surface area contributed by atoms with Crippen molar-refractivity contribution in [3.63, 3.8) is 0 Å². The molecular weight excluding hydrogens is 409 g/mol. The molecule has 2 aromatic heterocycles. The number of carbonyl (C=O) groups is 2. The summed E-state index contributed by atoms with van der Waals surface area (Å²) >= 11 is 2.71. The van der Waals surface area contributed by atoms with Crippen LogP contribution in [0.15, 0.2) is 71.4 Å². The van der Waals surface area contributed by atoms with E-state index < -0.39 is 5.97 Å². The van der Waals surface area contributed by atoms with Crippen molar-refractivity contribution in [2.24, 2.45) is 0 Å². The zero-order valence-corrected chi connectivity index (χ0v) is 16.6. The Kier molecular flexibility index (Phi) is 5.59. The molecule has 0 saturated heterocycles. The Morgan fingerprint density at radius 2 is 1.69 bits per heavy atom. The molecule has 0 aliphatic carbocycles. The fraction of sp³-hybridized carbons (Fsp3) is 0.0455. The van der Waals surface area contributed by atoms with Gasteiger partial charge in [-0.2, -0.15) is 0 Å². The van der Waals surface area contributed by atoms with Crippen LogP contribution in [0.2, 0.25) is 0 Å². The highest BCUT2D eigenvalue weighted by atomic mass is 32.1. The van der Waals surface area contributed by atoms with E-state index in [-0.39, 0.29) is 23.8 Å². The molecule has 0 atom stereocenters. The summed E-state index contributed by atoms with van der Waals surface area (Å²) in [7, 11) is 0. The lowest BCUT2D eigenvalue weighted by atomic mass is 10.0. The fourth-order valence-corrected chi connectivity index (χ4v) is 4.20. The molecule has 0 aliphatic heterocycles. The SMILES string of the molecule is O=C(OCc1csc(-c2ccc(F)cc2)n1)c1ccccc1C(=O)c1cccs1. The second-order valence-electron chi connectivity index (χ2n) is 6.08. The molecule has 0 amide bonds. The molecule has 4 nitrogen and oxygen atoms in total. The van der Waals surface area contributed by atoms with Crippen LogP contribution in [0.25, 0.3) is 10.6 Å². The highest BCUT2D eigenvalue weighted by Crippen LogP contribution is 2.25. The van der Waals surface area contributed by atoms with Gasteiger partial charge in [0.15, 0.2) is 0 Å². The number of hydrogen-bond acceptors (Lipinski definition) is 6. The molecule has 29 heavy (non-hydrogen) atoms. The van der Waals surface area contributed by atoms with Gasteiger partial charge in [-0.15, -0.1) is 22.7 Å². The third-order valence-electron chi connectivity index (χ3n) is 4.13. The van der Waals surface area contributed by atoms with Crippen LogP contribution in [-0.2, 0) is 11.3 Å². The van der Waals surface area contributed by atoms with E-state index in [4.69, 9.17) is 4.74 Å². The number of benzene rings is 2. The van der Waals surface area contributed by atoms with Crippen LogP contribution in [0.4, 0.5) is 4.39 Å². The van der Waals surface area contributed by atoms with E-state index in [1.54, 1.807) is 53.9 Å². The molecule has 0 saturated carbocycles. The number of ether oxygens (including phenoxy) is 1. The Labute approximate surface area is 174 Å². The van der Waals surface area contributed by atoms with Crippen molar-refractivity contribution in [2.75, 3.05) is 0 Å². The van der Waals surface area contributed by atoms with Crippen LogP contribution in [0.3, 0.4) is 0 Å². The normalized spacial score (nSPS) is 10.7. The zero-order valence-electron chi connectivity index (χ0n) is 15.0. The lowest BCUT2D eigenvalue weighted by Gasteiger charge is -2.07. The highest BCUT2D eigenvalue weighted by Gasteiger charge is 2.20. The second-order valence-corrected chi connectivity index (χ2v) is 7.88. The van der Waals surface area contributed by atoms with Gasteiger partial charge in [0.05, 0.1) is 16.1 Å². The number of aromatic nitrogens is 1. The third kappa shape index (κ3) is 4.31. The highest BCUT2D eigenvalue weighted by molar-refractivity contribution is 7.13. The van der Waals surface area contributed by atoms with Crippen LogP contribution in [-0.4, -0.2) is 16.7 Å². The van der Waals surface area contributed by atoms with Gasteiger partial charge < -0.3 is 4.74 Å². The van der Waals surface area contributed by atoms with Gasteiger partial charge in [0.2, 0.25) is 5.78 Å². The summed E-state index contributed by atoms with van der Waals surface area (Å²) in [5.41, 5.74) is 1.91. The molecule has 7 heteroatoms. The summed E-state index contributed by atoms with van der Waals surface area (Å²) in [4.78, 5) is 30.2. The molecule has 4 aromatic rings. The average molecular weight is 423 g/mol. The fourth-order valence-electron chi connectivity index (χ4n) is 2.72. The first-order chi connectivity index (χ1) is 14.1.